The van der Waals surface area contributed by atoms with Crippen molar-refractivity contribution < 1.29 is 4.42 Å². The Morgan fingerprint density at radius 2 is 1.44 bits per heavy atom. The summed E-state index contributed by atoms with van der Waals surface area (Å²) < 4.78 is 6.57. The molecule has 4 aromatic carbocycles. The number of benzene rings is 4. The van der Waals surface area contributed by atoms with Crippen molar-refractivity contribution in [1.82, 2.24) is 0 Å². The standard InChI is InChI=1S/C34H31NO/c1-20-8-5-12-27-28-13-7-15-31(34(28)36-33(20)27)35(2)30-14-6-11-26-29-18-21-16-22(19-23(29)17-21)24-9-3-4-10-25(24)32(26)30/h3-15,21-23,29H,16-19H2,1-2H3. The first-order valence-corrected chi connectivity index (χ1v) is 13.5. The third-order valence-corrected chi connectivity index (χ3v) is 9.56. The highest BCUT2D eigenvalue weighted by Gasteiger charge is 2.45. The predicted octanol–water partition coefficient (Wildman–Crippen LogP) is 9.33. The molecule has 0 radical (unpaired) electrons. The number of anilines is 2. The maximum absolute atomic E-state index is 6.57. The minimum Gasteiger partial charge on any atom is -0.454 e. The fourth-order valence-electron chi connectivity index (χ4n) is 8.05. The second-order valence-electron chi connectivity index (χ2n) is 11.5. The van der Waals surface area contributed by atoms with Crippen LogP contribution in [0, 0.1) is 18.8 Å². The van der Waals surface area contributed by atoms with Gasteiger partial charge in [-0.05, 0) is 90.7 Å². The molecule has 2 saturated carbocycles. The van der Waals surface area contributed by atoms with E-state index in [0.29, 0.717) is 11.8 Å². The lowest BCUT2D eigenvalue weighted by Crippen LogP contribution is -2.20. The quantitative estimate of drug-likeness (QED) is 0.256. The van der Waals surface area contributed by atoms with E-state index in [-0.39, 0.29) is 0 Å². The van der Waals surface area contributed by atoms with Crippen molar-refractivity contribution in [3.8, 4) is 11.1 Å². The summed E-state index contributed by atoms with van der Waals surface area (Å²) in [5.74, 6) is 3.08. The molecule has 2 nitrogen and oxygen atoms in total. The molecule has 178 valence electrons. The van der Waals surface area contributed by atoms with Crippen molar-refractivity contribution >= 4 is 33.3 Å². The minimum atomic E-state index is 0.682. The Balaban J connectivity index is 1.38. The van der Waals surface area contributed by atoms with Crippen LogP contribution < -0.4 is 4.90 Å². The van der Waals surface area contributed by atoms with Crippen molar-refractivity contribution in [1.29, 1.82) is 0 Å². The number of furan rings is 1. The van der Waals surface area contributed by atoms with Crippen LogP contribution in [-0.4, -0.2) is 7.05 Å². The van der Waals surface area contributed by atoms with Crippen LogP contribution in [0.3, 0.4) is 0 Å². The molecule has 0 amide bonds. The molecular weight excluding hydrogens is 438 g/mol. The summed E-state index contributed by atoms with van der Waals surface area (Å²) in [7, 11) is 2.22. The topological polar surface area (TPSA) is 16.4 Å². The number of nitrogens with zero attached hydrogens (tertiary/aromatic N) is 1. The van der Waals surface area contributed by atoms with Gasteiger partial charge in [-0.3, -0.25) is 0 Å². The molecular formula is C34H31NO. The van der Waals surface area contributed by atoms with Gasteiger partial charge in [-0.1, -0.05) is 66.7 Å². The first kappa shape index (κ1) is 20.7. The van der Waals surface area contributed by atoms with E-state index in [4.69, 9.17) is 4.42 Å². The van der Waals surface area contributed by atoms with Gasteiger partial charge in [0.2, 0.25) is 0 Å². The molecule has 1 aromatic heterocycles. The molecule has 0 N–H and O–H groups in total. The van der Waals surface area contributed by atoms with Gasteiger partial charge in [-0.25, -0.2) is 0 Å². The van der Waals surface area contributed by atoms with E-state index < -0.39 is 0 Å². The van der Waals surface area contributed by atoms with Crippen molar-refractivity contribution in [3.05, 3.63) is 95.6 Å². The number of fused-ring (bicyclic) bond motifs is 10. The maximum Gasteiger partial charge on any atom is 0.159 e. The van der Waals surface area contributed by atoms with E-state index in [9.17, 15) is 0 Å². The van der Waals surface area contributed by atoms with E-state index in [1.165, 1.54) is 58.8 Å². The van der Waals surface area contributed by atoms with Gasteiger partial charge < -0.3 is 9.32 Å². The van der Waals surface area contributed by atoms with Crippen molar-refractivity contribution in [2.75, 3.05) is 11.9 Å². The Labute approximate surface area is 212 Å². The Hall–Kier alpha value is -3.52. The molecule has 3 bridgehead atoms. The molecule has 4 atom stereocenters. The molecule has 0 spiro atoms. The average molecular weight is 470 g/mol. The lowest BCUT2D eigenvalue weighted by Gasteiger charge is -2.35. The third kappa shape index (κ3) is 2.79. The fourth-order valence-corrected chi connectivity index (χ4v) is 8.05. The normalized spacial score (nSPS) is 23.9. The first-order chi connectivity index (χ1) is 17.7. The third-order valence-electron chi connectivity index (χ3n) is 9.56. The second kappa shape index (κ2) is 7.49. The van der Waals surface area contributed by atoms with E-state index >= 15 is 0 Å². The Morgan fingerprint density at radius 1 is 0.694 bits per heavy atom. The molecule has 36 heavy (non-hydrogen) atoms. The van der Waals surface area contributed by atoms with Crippen LogP contribution in [0.4, 0.5) is 11.4 Å². The van der Waals surface area contributed by atoms with Crippen LogP contribution in [0.25, 0.3) is 33.1 Å². The van der Waals surface area contributed by atoms with E-state index in [0.717, 1.165) is 28.7 Å². The van der Waals surface area contributed by atoms with Crippen LogP contribution >= 0.6 is 0 Å². The zero-order valence-electron chi connectivity index (χ0n) is 21.0. The summed E-state index contributed by atoms with van der Waals surface area (Å²) in [6.07, 6.45) is 5.49. The maximum atomic E-state index is 6.57. The van der Waals surface area contributed by atoms with Crippen molar-refractivity contribution in [2.45, 2.75) is 44.4 Å². The SMILES string of the molecule is Cc1cccc2c1oc1c(N(C)c3cccc4c3-c3ccccc3C3CC5CC(C3)C4C5)cccc12. The molecule has 1 heterocycles. The van der Waals surface area contributed by atoms with Gasteiger partial charge in [0.15, 0.2) is 5.58 Å². The number of hydrogen-bond acceptors (Lipinski definition) is 2. The zero-order valence-corrected chi connectivity index (χ0v) is 21.0. The molecule has 0 aliphatic heterocycles. The summed E-state index contributed by atoms with van der Waals surface area (Å²) in [4.78, 5) is 2.38. The highest BCUT2D eigenvalue weighted by atomic mass is 16.3. The summed E-state index contributed by atoms with van der Waals surface area (Å²) in [5, 5.41) is 2.39. The summed E-state index contributed by atoms with van der Waals surface area (Å²) in [5.41, 5.74) is 11.6. The lowest BCUT2D eigenvalue weighted by molar-refractivity contribution is 0.311. The Bertz CT molecular complexity index is 1660. The monoisotopic (exact) mass is 469 g/mol. The smallest absolute Gasteiger partial charge is 0.159 e. The molecule has 0 saturated heterocycles. The van der Waals surface area contributed by atoms with Gasteiger partial charge >= 0.3 is 0 Å². The molecule has 2 fully saturated rings. The Morgan fingerprint density at radius 3 is 2.36 bits per heavy atom. The van der Waals surface area contributed by atoms with Gasteiger partial charge in [-0.2, -0.15) is 0 Å². The van der Waals surface area contributed by atoms with E-state index in [1.54, 1.807) is 11.1 Å². The lowest BCUT2D eigenvalue weighted by atomic mass is 9.71. The highest BCUT2D eigenvalue weighted by Crippen LogP contribution is 2.60. The number of rotatable bonds is 2. The summed E-state index contributed by atoms with van der Waals surface area (Å²) in [6, 6.07) is 29.3. The largest absolute Gasteiger partial charge is 0.454 e. The second-order valence-corrected chi connectivity index (χ2v) is 11.5. The number of para-hydroxylation sites is 2. The van der Waals surface area contributed by atoms with Gasteiger partial charge in [0.05, 0.1) is 5.69 Å². The fraction of sp³-hybridized carbons (Fsp3) is 0.294. The van der Waals surface area contributed by atoms with Crippen LogP contribution in [0.2, 0.25) is 0 Å². The van der Waals surface area contributed by atoms with Gasteiger partial charge in [0.25, 0.3) is 0 Å². The van der Waals surface area contributed by atoms with Crippen molar-refractivity contribution in [2.24, 2.45) is 11.8 Å². The zero-order chi connectivity index (χ0) is 24.0. The van der Waals surface area contributed by atoms with Crippen molar-refractivity contribution in [3.63, 3.8) is 0 Å². The van der Waals surface area contributed by atoms with Gasteiger partial charge in [-0.15, -0.1) is 0 Å². The van der Waals surface area contributed by atoms with Crippen LogP contribution in [0.15, 0.2) is 83.3 Å². The molecule has 2 heteroatoms. The van der Waals surface area contributed by atoms with Gasteiger partial charge in [0.1, 0.15) is 5.58 Å². The average Bonchev–Trinajstić information content (AvgIpc) is 3.45. The van der Waals surface area contributed by atoms with Gasteiger partial charge in [0, 0.05) is 29.1 Å². The van der Waals surface area contributed by atoms with Crippen LogP contribution in [0.5, 0.6) is 0 Å². The Kier molecular flexibility index (Phi) is 4.30. The predicted molar refractivity (Wildman–Crippen MR) is 149 cm³/mol. The molecule has 4 unspecified atom stereocenters. The molecule has 8 rings (SSSR count). The van der Waals surface area contributed by atoms with E-state index in [2.05, 4.69) is 97.7 Å². The first-order valence-electron chi connectivity index (χ1n) is 13.5. The van der Waals surface area contributed by atoms with Crippen LogP contribution in [-0.2, 0) is 0 Å². The molecule has 5 aromatic rings. The molecule has 3 aliphatic carbocycles. The molecule has 3 aliphatic rings. The minimum absolute atomic E-state index is 0.682. The van der Waals surface area contributed by atoms with Crippen LogP contribution in [0.1, 0.15) is 54.2 Å². The van der Waals surface area contributed by atoms with E-state index in [1.807, 2.05) is 0 Å². The number of hydrogen-bond donors (Lipinski definition) is 0. The summed E-state index contributed by atoms with van der Waals surface area (Å²) >= 11 is 0. The number of aryl methyl sites for hydroxylation is 1. The highest BCUT2D eigenvalue weighted by molar-refractivity contribution is 6.10. The summed E-state index contributed by atoms with van der Waals surface area (Å²) in [6.45, 7) is 2.13.